The standard InChI is InChI=1S/C16H24ClN3O2/c1-11-10-18-7-5-13(11)20-16(21)6-8-19-14-9-12(17)3-4-15(14)22-2/h3-4,9,11,13,18-19H,5-8,10H2,1-2H3,(H,20,21). The number of benzene rings is 1. The predicted octanol–water partition coefficient (Wildman–Crippen LogP) is 2.26. The van der Waals surface area contributed by atoms with Crippen LogP contribution in [-0.4, -0.2) is 38.7 Å². The van der Waals surface area contributed by atoms with Crippen molar-refractivity contribution in [1.29, 1.82) is 0 Å². The lowest BCUT2D eigenvalue weighted by Gasteiger charge is -2.30. The highest BCUT2D eigenvalue weighted by atomic mass is 35.5. The lowest BCUT2D eigenvalue weighted by molar-refractivity contribution is -0.122. The maximum absolute atomic E-state index is 12.0. The first-order valence-corrected chi connectivity index (χ1v) is 8.05. The number of hydrogen-bond acceptors (Lipinski definition) is 4. The zero-order valence-electron chi connectivity index (χ0n) is 13.1. The van der Waals surface area contributed by atoms with Gasteiger partial charge < -0.3 is 20.7 Å². The van der Waals surface area contributed by atoms with Gasteiger partial charge in [-0.2, -0.15) is 0 Å². The Labute approximate surface area is 136 Å². The number of amides is 1. The SMILES string of the molecule is COc1ccc(Cl)cc1NCCC(=O)NC1CCNCC1C. The largest absolute Gasteiger partial charge is 0.495 e. The third-order valence-electron chi connectivity index (χ3n) is 3.96. The predicted molar refractivity (Wildman–Crippen MR) is 89.7 cm³/mol. The lowest BCUT2D eigenvalue weighted by Crippen LogP contribution is -2.48. The van der Waals surface area contributed by atoms with Gasteiger partial charge in [-0.3, -0.25) is 4.79 Å². The average molecular weight is 326 g/mol. The molecule has 5 nitrogen and oxygen atoms in total. The Morgan fingerprint density at radius 1 is 1.50 bits per heavy atom. The molecule has 0 aliphatic carbocycles. The van der Waals surface area contributed by atoms with Crippen LogP contribution in [0.3, 0.4) is 0 Å². The molecule has 3 N–H and O–H groups in total. The summed E-state index contributed by atoms with van der Waals surface area (Å²) in [7, 11) is 1.61. The third-order valence-corrected chi connectivity index (χ3v) is 4.20. The van der Waals surface area contributed by atoms with Gasteiger partial charge in [-0.25, -0.2) is 0 Å². The van der Waals surface area contributed by atoms with Crippen LogP contribution in [-0.2, 0) is 4.79 Å². The Kier molecular flexibility index (Phi) is 6.34. The Morgan fingerprint density at radius 3 is 3.05 bits per heavy atom. The van der Waals surface area contributed by atoms with Gasteiger partial charge in [-0.15, -0.1) is 0 Å². The monoisotopic (exact) mass is 325 g/mol. The van der Waals surface area contributed by atoms with E-state index >= 15 is 0 Å². The van der Waals surface area contributed by atoms with E-state index < -0.39 is 0 Å². The molecule has 1 fully saturated rings. The van der Waals surface area contributed by atoms with Crippen LogP contribution in [0.2, 0.25) is 5.02 Å². The van der Waals surface area contributed by atoms with Crippen LogP contribution in [0.25, 0.3) is 0 Å². The van der Waals surface area contributed by atoms with Gasteiger partial charge in [0.15, 0.2) is 0 Å². The second kappa shape index (κ2) is 8.25. The Morgan fingerprint density at radius 2 is 2.32 bits per heavy atom. The van der Waals surface area contributed by atoms with Crippen LogP contribution in [0.5, 0.6) is 5.75 Å². The molecule has 1 aromatic carbocycles. The molecule has 0 radical (unpaired) electrons. The molecule has 0 aromatic heterocycles. The summed E-state index contributed by atoms with van der Waals surface area (Å²) in [4.78, 5) is 12.0. The first-order chi connectivity index (χ1) is 10.6. The number of nitrogens with one attached hydrogen (secondary N) is 3. The molecular weight excluding hydrogens is 302 g/mol. The van der Waals surface area contributed by atoms with E-state index in [1.165, 1.54) is 0 Å². The van der Waals surface area contributed by atoms with E-state index in [0.29, 0.717) is 23.9 Å². The van der Waals surface area contributed by atoms with Gasteiger partial charge in [0, 0.05) is 24.0 Å². The first kappa shape index (κ1) is 16.9. The summed E-state index contributed by atoms with van der Waals surface area (Å²) in [5, 5.41) is 10.3. The van der Waals surface area contributed by atoms with Crippen molar-refractivity contribution in [2.45, 2.75) is 25.8 Å². The third kappa shape index (κ3) is 4.78. The Balaban J connectivity index is 1.78. The average Bonchev–Trinajstić information content (AvgIpc) is 2.50. The molecule has 6 heteroatoms. The number of hydrogen-bond donors (Lipinski definition) is 3. The molecule has 0 saturated carbocycles. The zero-order chi connectivity index (χ0) is 15.9. The van der Waals surface area contributed by atoms with Crippen molar-refractivity contribution in [2.24, 2.45) is 5.92 Å². The van der Waals surface area contributed by atoms with Crippen LogP contribution >= 0.6 is 11.6 Å². The summed E-state index contributed by atoms with van der Waals surface area (Å²) < 4.78 is 5.26. The fourth-order valence-electron chi connectivity index (χ4n) is 2.64. The fourth-order valence-corrected chi connectivity index (χ4v) is 2.81. The van der Waals surface area contributed by atoms with Crippen molar-refractivity contribution in [1.82, 2.24) is 10.6 Å². The number of methoxy groups -OCH3 is 1. The number of carbonyl (C=O) groups excluding carboxylic acids is 1. The Hall–Kier alpha value is -1.46. The maximum Gasteiger partial charge on any atom is 0.221 e. The van der Waals surface area contributed by atoms with Crippen molar-refractivity contribution in [3.8, 4) is 5.75 Å². The number of ether oxygens (including phenoxy) is 1. The fraction of sp³-hybridized carbons (Fsp3) is 0.562. The Bertz CT molecular complexity index is 510. The highest BCUT2D eigenvalue weighted by Gasteiger charge is 2.22. The van der Waals surface area contributed by atoms with Crippen LogP contribution < -0.4 is 20.7 Å². The van der Waals surface area contributed by atoms with E-state index in [1.54, 1.807) is 25.3 Å². The van der Waals surface area contributed by atoms with Crippen molar-refractivity contribution >= 4 is 23.2 Å². The van der Waals surface area contributed by atoms with Gasteiger partial charge in [-0.1, -0.05) is 18.5 Å². The molecule has 1 aliphatic heterocycles. The van der Waals surface area contributed by atoms with E-state index in [1.807, 2.05) is 0 Å². The van der Waals surface area contributed by atoms with E-state index in [9.17, 15) is 4.79 Å². The van der Waals surface area contributed by atoms with Crippen molar-refractivity contribution in [3.63, 3.8) is 0 Å². The molecule has 1 amide bonds. The van der Waals surface area contributed by atoms with Gasteiger partial charge in [0.1, 0.15) is 5.75 Å². The van der Waals surface area contributed by atoms with Crippen LogP contribution in [0.1, 0.15) is 19.8 Å². The molecule has 22 heavy (non-hydrogen) atoms. The summed E-state index contributed by atoms with van der Waals surface area (Å²) in [6.45, 7) is 4.63. The molecule has 0 bridgehead atoms. The minimum absolute atomic E-state index is 0.0762. The topological polar surface area (TPSA) is 62.4 Å². The van der Waals surface area contributed by atoms with Gasteiger partial charge in [0.05, 0.1) is 12.8 Å². The minimum Gasteiger partial charge on any atom is -0.495 e. The zero-order valence-corrected chi connectivity index (χ0v) is 13.9. The van der Waals surface area contributed by atoms with Gasteiger partial charge in [0.2, 0.25) is 5.91 Å². The molecule has 1 aromatic rings. The van der Waals surface area contributed by atoms with Gasteiger partial charge >= 0.3 is 0 Å². The van der Waals surface area contributed by atoms with E-state index in [4.69, 9.17) is 16.3 Å². The number of carbonyl (C=O) groups is 1. The molecule has 1 heterocycles. The van der Waals surface area contributed by atoms with Gasteiger partial charge in [-0.05, 0) is 43.6 Å². The second-order valence-electron chi connectivity index (χ2n) is 5.67. The number of rotatable bonds is 6. The van der Waals surface area contributed by atoms with Crippen molar-refractivity contribution < 1.29 is 9.53 Å². The summed E-state index contributed by atoms with van der Waals surface area (Å²) in [6.07, 6.45) is 1.41. The highest BCUT2D eigenvalue weighted by molar-refractivity contribution is 6.30. The number of halogens is 1. The van der Waals surface area contributed by atoms with Crippen molar-refractivity contribution in [2.75, 3.05) is 32.1 Å². The second-order valence-corrected chi connectivity index (χ2v) is 6.10. The molecule has 1 aliphatic rings. The summed E-state index contributed by atoms with van der Waals surface area (Å²) in [5.41, 5.74) is 0.804. The van der Waals surface area contributed by atoms with Crippen LogP contribution in [0, 0.1) is 5.92 Å². The minimum atomic E-state index is 0.0762. The molecule has 2 rings (SSSR count). The highest BCUT2D eigenvalue weighted by Crippen LogP contribution is 2.27. The molecule has 2 atom stereocenters. The molecule has 2 unspecified atom stereocenters. The smallest absolute Gasteiger partial charge is 0.221 e. The van der Waals surface area contributed by atoms with E-state index in [2.05, 4.69) is 22.9 Å². The maximum atomic E-state index is 12.0. The quantitative estimate of drug-likeness (QED) is 0.751. The van der Waals surface area contributed by atoms with E-state index in [0.717, 1.165) is 30.9 Å². The molecular formula is C16H24ClN3O2. The normalized spacial score (nSPS) is 21.2. The van der Waals surface area contributed by atoms with Crippen molar-refractivity contribution in [3.05, 3.63) is 23.2 Å². The van der Waals surface area contributed by atoms with E-state index in [-0.39, 0.29) is 11.9 Å². The summed E-state index contributed by atoms with van der Waals surface area (Å²) >= 11 is 5.98. The molecule has 1 saturated heterocycles. The van der Waals surface area contributed by atoms with Crippen LogP contribution in [0.15, 0.2) is 18.2 Å². The first-order valence-electron chi connectivity index (χ1n) is 7.67. The summed E-state index contributed by atoms with van der Waals surface area (Å²) in [6, 6.07) is 5.65. The molecule has 122 valence electrons. The number of anilines is 1. The van der Waals surface area contributed by atoms with Crippen LogP contribution in [0.4, 0.5) is 5.69 Å². The number of piperidine rings is 1. The molecule has 0 spiro atoms. The van der Waals surface area contributed by atoms with Gasteiger partial charge in [0.25, 0.3) is 0 Å². The lowest BCUT2D eigenvalue weighted by atomic mass is 9.95. The summed E-state index contributed by atoms with van der Waals surface area (Å²) in [5.74, 6) is 1.27.